The first kappa shape index (κ1) is 17.8. The summed E-state index contributed by atoms with van der Waals surface area (Å²) in [5.41, 5.74) is 1.86. The smallest absolute Gasteiger partial charge is 0.265 e. The Bertz CT molecular complexity index is 906. The van der Waals surface area contributed by atoms with E-state index in [0.717, 1.165) is 42.7 Å². The summed E-state index contributed by atoms with van der Waals surface area (Å²) in [6.45, 7) is 3.61. The molecule has 7 heteroatoms. The maximum Gasteiger partial charge on any atom is 0.265 e. The Balaban J connectivity index is 1.35. The van der Waals surface area contributed by atoms with Gasteiger partial charge in [-0.05, 0) is 41.8 Å². The van der Waals surface area contributed by atoms with E-state index < -0.39 is 0 Å². The SMILES string of the molecule is O=C(Nc1ccc(N2CCN(c3cccc(Cl)c3)CC2)nc1)c1cccs1. The number of benzene rings is 1. The Morgan fingerprint density at radius 1 is 1.04 bits per heavy atom. The molecule has 3 heterocycles. The van der Waals surface area contributed by atoms with Gasteiger partial charge in [-0.25, -0.2) is 4.98 Å². The van der Waals surface area contributed by atoms with Crippen molar-refractivity contribution in [3.05, 3.63) is 70.0 Å². The van der Waals surface area contributed by atoms with Crippen molar-refractivity contribution in [2.75, 3.05) is 41.3 Å². The summed E-state index contributed by atoms with van der Waals surface area (Å²) >= 11 is 7.52. The lowest BCUT2D eigenvalue weighted by atomic mass is 10.2. The number of anilines is 3. The minimum absolute atomic E-state index is 0.102. The first-order valence-corrected chi connectivity index (χ1v) is 10.0. The third-order valence-electron chi connectivity index (χ3n) is 4.53. The zero-order valence-electron chi connectivity index (χ0n) is 14.6. The molecule has 1 aliphatic rings. The van der Waals surface area contributed by atoms with E-state index in [1.165, 1.54) is 11.3 Å². The third kappa shape index (κ3) is 4.23. The fourth-order valence-electron chi connectivity index (χ4n) is 3.11. The van der Waals surface area contributed by atoms with Crippen molar-refractivity contribution in [3.63, 3.8) is 0 Å². The lowest BCUT2D eigenvalue weighted by molar-refractivity contribution is 0.103. The number of carbonyl (C=O) groups excluding carboxylic acids is 1. The highest BCUT2D eigenvalue weighted by Gasteiger charge is 2.18. The van der Waals surface area contributed by atoms with E-state index in [4.69, 9.17) is 11.6 Å². The number of amides is 1. The summed E-state index contributed by atoms with van der Waals surface area (Å²) in [7, 11) is 0. The summed E-state index contributed by atoms with van der Waals surface area (Å²) < 4.78 is 0. The van der Waals surface area contributed by atoms with Crippen molar-refractivity contribution in [2.24, 2.45) is 0 Å². The monoisotopic (exact) mass is 398 g/mol. The molecule has 1 aliphatic heterocycles. The molecule has 0 radical (unpaired) electrons. The number of piperazine rings is 1. The zero-order valence-corrected chi connectivity index (χ0v) is 16.2. The van der Waals surface area contributed by atoms with Gasteiger partial charge in [-0.1, -0.05) is 23.7 Å². The molecule has 0 unspecified atom stereocenters. The normalized spacial score (nSPS) is 14.3. The summed E-state index contributed by atoms with van der Waals surface area (Å²) in [6.07, 6.45) is 1.71. The van der Waals surface area contributed by atoms with Crippen LogP contribution in [0.5, 0.6) is 0 Å². The van der Waals surface area contributed by atoms with Gasteiger partial charge in [-0.2, -0.15) is 0 Å². The van der Waals surface area contributed by atoms with Crippen LogP contribution in [0.4, 0.5) is 17.2 Å². The lowest BCUT2D eigenvalue weighted by Crippen LogP contribution is -2.46. The van der Waals surface area contributed by atoms with E-state index in [9.17, 15) is 4.79 Å². The van der Waals surface area contributed by atoms with Crippen LogP contribution in [0, 0.1) is 0 Å². The van der Waals surface area contributed by atoms with Crippen LogP contribution in [0.25, 0.3) is 0 Å². The quantitative estimate of drug-likeness (QED) is 0.708. The van der Waals surface area contributed by atoms with Gasteiger partial charge in [0.15, 0.2) is 0 Å². The van der Waals surface area contributed by atoms with Gasteiger partial charge in [-0.15, -0.1) is 11.3 Å². The molecule has 1 amide bonds. The van der Waals surface area contributed by atoms with Crippen LogP contribution in [0.1, 0.15) is 9.67 Å². The second-order valence-electron chi connectivity index (χ2n) is 6.29. The molecule has 1 saturated heterocycles. The van der Waals surface area contributed by atoms with E-state index in [1.807, 2.05) is 41.8 Å². The Morgan fingerprint density at radius 2 is 1.85 bits per heavy atom. The average Bonchev–Trinajstić information content (AvgIpc) is 3.24. The van der Waals surface area contributed by atoms with Gasteiger partial charge < -0.3 is 15.1 Å². The minimum Gasteiger partial charge on any atom is -0.368 e. The number of rotatable bonds is 4. The van der Waals surface area contributed by atoms with Gasteiger partial charge in [0.05, 0.1) is 16.8 Å². The predicted molar refractivity (Wildman–Crippen MR) is 112 cm³/mol. The van der Waals surface area contributed by atoms with Crippen LogP contribution < -0.4 is 15.1 Å². The van der Waals surface area contributed by atoms with Crippen molar-refractivity contribution >= 4 is 46.0 Å². The van der Waals surface area contributed by atoms with Crippen LogP contribution in [-0.4, -0.2) is 37.1 Å². The molecular formula is C20H19ClN4OS. The van der Waals surface area contributed by atoms with E-state index in [0.29, 0.717) is 10.6 Å². The molecule has 5 nitrogen and oxygen atoms in total. The number of nitrogens with one attached hydrogen (secondary N) is 1. The standard InChI is InChI=1S/C20H19ClN4OS/c21-15-3-1-4-17(13-15)24-8-10-25(11-9-24)19-7-6-16(14-22-19)23-20(26)18-5-2-12-27-18/h1-7,12-14H,8-11H2,(H,23,26). The Hall–Kier alpha value is -2.57. The highest BCUT2D eigenvalue weighted by Crippen LogP contribution is 2.23. The molecule has 4 rings (SSSR count). The average molecular weight is 399 g/mol. The molecule has 2 aromatic heterocycles. The van der Waals surface area contributed by atoms with Crippen molar-refractivity contribution in [1.82, 2.24) is 4.98 Å². The fraction of sp³-hybridized carbons (Fsp3) is 0.200. The van der Waals surface area contributed by atoms with Crippen LogP contribution in [0.2, 0.25) is 5.02 Å². The number of thiophene rings is 1. The summed E-state index contributed by atoms with van der Waals surface area (Å²) in [6, 6.07) is 15.5. The van der Waals surface area contributed by atoms with Crippen LogP contribution in [0.15, 0.2) is 60.1 Å². The van der Waals surface area contributed by atoms with Gasteiger partial charge in [0, 0.05) is 36.9 Å². The Labute approximate surface area is 167 Å². The first-order valence-electron chi connectivity index (χ1n) is 8.75. The molecule has 0 spiro atoms. The van der Waals surface area contributed by atoms with Crippen molar-refractivity contribution in [3.8, 4) is 0 Å². The molecule has 1 fully saturated rings. The molecule has 138 valence electrons. The zero-order chi connectivity index (χ0) is 18.6. The number of halogens is 1. The maximum atomic E-state index is 12.1. The van der Waals surface area contributed by atoms with Crippen LogP contribution >= 0.6 is 22.9 Å². The maximum absolute atomic E-state index is 12.1. The van der Waals surface area contributed by atoms with Crippen molar-refractivity contribution < 1.29 is 4.79 Å². The number of pyridine rings is 1. The van der Waals surface area contributed by atoms with Gasteiger partial charge in [0.1, 0.15) is 5.82 Å². The lowest BCUT2D eigenvalue weighted by Gasteiger charge is -2.36. The van der Waals surface area contributed by atoms with Crippen molar-refractivity contribution in [1.29, 1.82) is 0 Å². The molecule has 0 bridgehead atoms. The highest BCUT2D eigenvalue weighted by atomic mass is 35.5. The number of carbonyl (C=O) groups is 1. The van der Waals surface area contributed by atoms with Gasteiger partial charge in [-0.3, -0.25) is 4.79 Å². The number of nitrogens with zero attached hydrogens (tertiary/aromatic N) is 3. The third-order valence-corrected chi connectivity index (χ3v) is 5.63. The van der Waals surface area contributed by atoms with Gasteiger partial charge in [0.25, 0.3) is 5.91 Å². The van der Waals surface area contributed by atoms with E-state index in [-0.39, 0.29) is 5.91 Å². The largest absolute Gasteiger partial charge is 0.368 e. The molecule has 1 aromatic carbocycles. The molecule has 27 heavy (non-hydrogen) atoms. The van der Waals surface area contributed by atoms with Gasteiger partial charge >= 0.3 is 0 Å². The molecule has 1 N–H and O–H groups in total. The molecule has 0 atom stereocenters. The van der Waals surface area contributed by atoms with Crippen LogP contribution in [0.3, 0.4) is 0 Å². The van der Waals surface area contributed by atoms with E-state index in [2.05, 4.69) is 26.2 Å². The Morgan fingerprint density at radius 3 is 2.52 bits per heavy atom. The topological polar surface area (TPSA) is 48.5 Å². The van der Waals surface area contributed by atoms with Crippen LogP contribution in [-0.2, 0) is 0 Å². The van der Waals surface area contributed by atoms with Gasteiger partial charge in [0.2, 0.25) is 0 Å². The van der Waals surface area contributed by atoms with E-state index in [1.54, 1.807) is 12.3 Å². The molecule has 0 saturated carbocycles. The fourth-order valence-corrected chi connectivity index (χ4v) is 3.92. The number of hydrogen-bond donors (Lipinski definition) is 1. The summed E-state index contributed by atoms with van der Waals surface area (Å²) in [5.74, 6) is 0.824. The second-order valence-corrected chi connectivity index (χ2v) is 7.67. The number of aromatic nitrogens is 1. The minimum atomic E-state index is -0.102. The summed E-state index contributed by atoms with van der Waals surface area (Å²) in [4.78, 5) is 21.9. The van der Waals surface area contributed by atoms with E-state index >= 15 is 0 Å². The predicted octanol–water partition coefficient (Wildman–Crippen LogP) is 4.38. The molecule has 3 aromatic rings. The number of hydrogen-bond acceptors (Lipinski definition) is 5. The summed E-state index contributed by atoms with van der Waals surface area (Å²) in [5, 5.41) is 5.53. The second kappa shape index (κ2) is 7.98. The van der Waals surface area contributed by atoms with Crippen molar-refractivity contribution in [2.45, 2.75) is 0 Å². The highest BCUT2D eigenvalue weighted by molar-refractivity contribution is 7.12. The Kier molecular flexibility index (Phi) is 5.27. The molecular weight excluding hydrogens is 380 g/mol. The molecule has 0 aliphatic carbocycles. The first-order chi connectivity index (χ1) is 13.2.